The van der Waals surface area contributed by atoms with Crippen LogP contribution in [-0.4, -0.2) is 18.1 Å². The third-order valence-electron chi connectivity index (χ3n) is 2.67. The van der Waals surface area contributed by atoms with Gasteiger partial charge in [-0.05, 0) is 36.5 Å². The molecule has 1 nitrogen and oxygen atoms in total. The minimum Gasteiger partial charge on any atom is -0.310 e. The van der Waals surface area contributed by atoms with Gasteiger partial charge in [0.1, 0.15) is 0 Å². The van der Waals surface area contributed by atoms with Crippen molar-refractivity contribution in [3.8, 4) is 0 Å². The van der Waals surface area contributed by atoms with E-state index in [9.17, 15) is 0 Å². The summed E-state index contributed by atoms with van der Waals surface area (Å²) in [7, 11) is 0. The molecule has 1 aromatic carbocycles. The minimum absolute atomic E-state index is 0.521. The van der Waals surface area contributed by atoms with Gasteiger partial charge in [-0.2, -0.15) is 11.8 Å². The van der Waals surface area contributed by atoms with Crippen LogP contribution in [0, 0.1) is 0 Å². The summed E-state index contributed by atoms with van der Waals surface area (Å²) in [5, 5.41) is 3.63. The third-order valence-corrected chi connectivity index (χ3v) is 3.66. The molecule has 90 valence electrons. The first-order valence-corrected chi connectivity index (χ1v) is 7.40. The van der Waals surface area contributed by atoms with Crippen molar-refractivity contribution in [1.82, 2.24) is 5.32 Å². The average Bonchev–Trinajstić information content (AvgIpc) is 2.35. The zero-order valence-corrected chi connectivity index (χ0v) is 11.2. The summed E-state index contributed by atoms with van der Waals surface area (Å²) in [5.74, 6) is 2.50. The molecular formula is C14H23NS. The molecule has 1 unspecified atom stereocenters. The lowest BCUT2D eigenvalue weighted by molar-refractivity contribution is 0.519. The van der Waals surface area contributed by atoms with E-state index in [4.69, 9.17) is 0 Å². The molecule has 0 aliphatic carbocycles. The molecule has 0 bridgehead atoms. The normalized spacial score (nSPS) is 12.6. The molecule has 0 aromatic heterocycles. The summed E-state index contributed by atoms with van der Waals surface area (Å²) >= 11 is 2.02. The fourth-order valence-corrected chi connectivity index (χ4v) is 2.42. The van der Waals surface area contributed by atoms with Gasteiger partial charge in [0.05, 0.1) is 0 Å². The van der Waals surface area contributed by atoms with Gasteiger partial charge in [0.15, 0.2) is 0 Å². The number of hydrogen-bond acceptors (Lipinski definition) is 2. The Bertz CT molecular complexity index is 261. The first kappa shape index (κ1) is 13.6. The van der Waals surface area contributed by atoms with Crippen molar-refractivity contribution in [2.24, 2.45) is 0 Å². The highest BCUT2D eigenvalue weighted by Gasteiger charge is 2.06. The molecule has 0 fully saturated rings. The number of thioether (sulfide) groups is 1. The van der Waals surface area contributed by atoms with E-state index in [0.29, 0.717) is 6.04 Å². The van der Waals surface area contributed by atoms with E-state index in [1.54, 1.807) is 0 Å². The Morgan fingerprint density at radius 1 is 1.19 bits per heavy atom. The molecule has 0 aliphatic rings. The summed E-state index contributed by atoms with van der Waals surface area (Å²) in [6.07, 6.45) is 2.42. The predicted octanol–water partition coefficient (Wildman–Crippen LogP) is 3.87. The van der Waals surface area contributed by atoms with Gasteiger partial charge in [0.2, 0.25) is 0 Å². The Kier molecular flexibility index (Phi) is 7.35. The summed E-state index contributed by atoms with van der Waals surface area (Å²) in [5.41, 5.74) is 1.41. The molecule has 1 atom stereocenters. The lowest BCUT2D eigenvalue weighted by atomic mass is 10.0. The first-order valence-electron chi connectivity index (χ1n) is 6.24. The second-order valence-electron chi connectivity index (χ2n) is 3.88. The van der Waals surface area contributed by atoms with Crippen molar-refractivity contribution in [1.29, 1.82) is 0 Å². The Morgan fingerprint density at radius 3 is 2.56 bits per heavy atom. The van der Waals surface area contributed by atoms with Gasteiger partial charge in [0.25, 0.3) is 0 Å². The van der Waals surface area contributed by atoms with Gasteiger partial charge < -0.3 is 5.32 Å². The highest BCUT2D eigenvalue weighted by Crippen LogP contribution is 2.15. The van der Waals surface area contributed by atoms with Crippen molar-refractivity contribution >= 4 is 11.8 Å². The van der Waals surface area contributed by atoms with Crippen LogP contribution in [0.3, 0.4) is 0 Å². The molecule has 0 saturated carbocycles. The van der Waals surface area contributed by atoms with Crippen LogP contribution in [0.15, 0.2) is 30.3 Å². The predicted molar refractivity (Wildman–Crippen MR) is 75.1 cm³/mol. The second kappa shape index (κ2) is 8.66. The van der Waals surface area contributed by atoms with Gasteiger partial charge >= 0.3 is 0 Å². The fraction of sp³-hybridized carbons (Fsp3) is 0.571. The standard InChI is InChI=1S/C14H23NS/c1-3-14(13-9-6-5-7-10-13)15-11-8-12-16-4-2/h5-7,9-10,14-15H,3-4,8,11-12H2,1-2H3. The molecule has 0 heterocycles. The van der Waals surface area contributed by atoms with Crippen molar-refractivity contribution in [3.05, 3.63) is 35.9 Å². The van der Waals surface area contributed by atoms with Gasteiger partial charge in [0, 0.05) is 6.04 Å². The van der Waals surface area contributed by atoms with Crippen molar-refractivity contribution in [2.75, 3.05) is 18.1 Å². The van der Waals surface area contributed by atoms with Crippen LogP contribution in [0.5, 0.6) is 0 Å². The van der Waals surface area contributed by atoms with Gasteiger partial charge in [-0.15, -0.1) is 0 Å². The molecular weight excluding hydrogens is 214 g/mol. The molecule has 1 N–H and O–H groups in total. The summed E-state index contributed by atoms with van der Waals surface area (Å²) < 4.78 is 0. The number of nitrogens with one attached hydrogen (secondary N) is 1. The summed E-state index contributed by atoms with van der Waals surface area (Å²) in [6, 6.07) is 11.3. The first-order chi connectivity index (χ1) is 7.88. The molecule has 1 aromatic rings. The molecule has 2 heteroatoms. The molecule has 16 heavy (non-hydrogen) atoms. The van der Waals surface area contributed by atoms with E-state index >= 15 is 0 Å². The lowest BCUT2D eigenvalue weighted by Crippen LogP contribution is -2.22. The van der Waals surface area contributed by atoms with Crippen molar-refractivity contribution in [3.63, 3.8) is 0 Å². The summed E-state index contributed by atoms with van der Waals surface area (Å²) in [4.78, 5) is 0. The van der Waals surface area contributed by atoms with E-state index < -0.39 is 0 Å². The van der Waals surface area contributed by atoms with Crippen molar-refractivity contribution < 1.29 is 0 Å². The zero-order valence-electron chi connectivity index (χ0n) is 10.4. The minimum atomic E-state index is 0.521. The van der Waals surface area contributed by atoms with Gasteiger partial charge in [-0.3, -0.25) is 0 Å². The van der Waals surface area contributed by atoms with E-state index in [1.165, 1.54) is 23.5 Å². The number of hydrogen-bond donors (Lipinski definition) is 1. The Balaban J connectivity index is 2.27. The quantitative estimate of drug-likeness (QED) is 0.689. The van der Waals surface area contributed by atoms with Crippen LogP contribution < -0.4 is 5.32 Å². The summed E-state index contributed by atoms with van der Waals surface area (Å²) in [6.45, 7) is 5.59. The van der Waals surface area contributed by atoms with E-state index in [0.717, 1.165) is 13.0 Å². The van der Waals surface area contributed by atoms with Gasteiger partial charge in [-0.25, -0.2) is 0 Å². The second-order valence-corrected chi connectivity index (χ2v) is 5.27. The maximum atomic E-state index is 3.63. The van der Waals surface area contributed by atoms with E-state index in [1.807, 2.05) is 11.8 Å². The van der Waals surface area contributed by atoms with E-state index in [2.05, 4.69) is 49.5 Å². The topological polar surface area (TPSA) is 12.0 Å². The number of benzene rings is 1. The van der Waals surface area contributed by atoms with Crippen LogP contribution in [0.2, 0.25) is 0 Å². The molecule has 1 rings (SSSR count). The third kappa shape index (κ3) is 5.04. The SMILES string of the molecule is CCSCCCNC(CC)c1ccccc1. The highest BCUT2D eigenvalue weighted by molar-refractivity contribution is 7.99. The maximum Gasteiger partial charge on any atom is 0.0317 e. The molecule has 0 radical (unpaired) electrons. The van der Waals surface area contributed by atoms with Crippen LogP contribution in [0.25, 0.3) is 0 Å². The molecule has 0 spiro atoms. The smallest absolute Gasteiger partial charge is 0.0317 e. The Labute approximate surface area is 104 Å². The van der Waals surface area contributed by atoms with Crippen LogP contribution in [-0.2, 0) is 0 Å². The van der Waals surface area contributed by atoms with Crippen LogP contribution in [0.4, 0.5) is 0 Å². The van der Waals surface area contributed by atoms with Gasteiger partial charge in [-0.1, -0.05) is 44.2 Å². The van der Waals surface area contributed by atoms with Crippen molar-refractivity contribution in [2.45, 2.75) is 32.7 Å². The highest BCUT2D eigenvalue weighted by atomic mass is 32.2. The van der Waals surface area contributed by atoms with Crippen LogP contribution in [0.1, 0.15) is 38.3 Å². The monoisotopic (exact) mass is 237 g/mol. The van der Waals surface area contributed by atoms with E-state index in [-0.39, 0.29) is 0 Å². The number of rotatable bonds is 8. The molecule has 0 saturated heterocycles. The molecule has 0 aliphatic heterocycles. The largest absolute Gasteiger partial charge is 0.310 e. The Morgan fingerprint density at radius 2 is 1.94 bits per heavy atom. The maximum absolute atomic E-state index is 3.63. The fourth-order valence-electron chi connectivity index (χ4n) is 1.78. The Hall–Kier alpha value is -0.470. The van der Waals surface area contributed by atoms with Crippen LogP contribution >= 0.6 is 11.8 Å². The lowest BCUT2D eigenvalue weighted by Gasteiger charge is -2.17. The molecule has 0 amide bonds. The average molecular weight is 237 g/mol. The zero-order chi connectivity index (χ0) is 11.6.